The van der Waals surface area contributed by atoms with Gasteiger partial charge in [-0.05, 0) is 17.7 Å². The first-order chi connectivity index (χ1) is 8.56. The van der Waals surface area contributed by atoms with Crippen LogP contribution in [-0.4, -0.2) is 29.2 Å². The Balaban J connectivity index is 2.54. The van der Waals surface area contributed by atoms with Crippen LogP contribution in [0.15, 0.2) is 24.4 Å². The molecule has 4 N–H and O–H groups in total. The van der Waals surface area contributed by atoms with Crippen LogP contribution in [0, 0.1) is 0 Å². The molecule has 18 heavy (non-hydrogen) atoms. The Hall–Kier alpha value is -2.01. The SMILES string of the molecule is COc1cccc2[nH]cc([C@H](C)[C@H](N)C(=O)O)c12. The second-order valence-corrected chi connectivity index (χ2v) is 4.28. The van der Waals surface area contributed by atoms with E-state index in [4.69, 9.17) is 15.6 Å². The Morgan fingerprint density at radius 3 is 2.83 bits per heavy atom. The molecule has 0 bridgehead atoms. The number of benzene rings is 1. The number of ether oxygens (including phenoxy) is 1. The molecule has 0 spiro atoms. The lowest BCUT2D eigenvalue weighted by atomic mass is 9.93. The standard InChI is InChI=1S/C13H16N2O3/c1-7(12(14)13(16)17)8-6-15-9-4-3-5-10(18-2)11(8)9/h3-7,12,15H,14H2,1-2H3,(H,16,17)/t7-,12-/m0/s1. The van der Waals surface area contributed by atoms with Crippen molar-refractivity contribution in [2.45, 2.75) is 18.9 Å². The minimum Gasteiger partial charge on any atom is -0.496 e. The number of nitrogens with one attached hydrogen (secondary N) is 1. The van der Waals surface area contributed by atoms with E-state index < -0.39 is 12.0 Å². The molecule has 5 nitrogen and oxygen atoms in total. The van der Waals surface area contributed by atoms with Gasteiger partial charge in [0.15, 0.2) is 0 Å². The van der Waals surface area contributed by atoms with Crippen LogP contribution in [0.5, 0.6) is 5.75 Å². The molecule has 0 radical (unpaired) electrons. The zero-order valence-corrected chi connectivity index (χ0v) is 10.3. The van der Waals surface area contributed by atoms with Gasteiger partial charge in [-0.15, -0.1) is 0 Å². The average molecular weight is 248 g/mol. The van der Waals surface area contributed by atoms with E-state index in [1.165, 1.54) is 0 Å². The first kappa shape index (κ1) is 12.4. The van der Waals surface area contributed by atoms with Gasteiger partial charge in [0.2, 0.25) is 0 Å². The number of aromatic amines is 1. The summed E-state index contributed by atoms with van der Waals surface area (Å²) in [4.78, 5) is 14.1. The van der Waals surface area contributed by atoms with E-state index >= 15 is 0 Å². The van der Waals surface area contributed by atoms with Crippen LogP contribution in [0.25, 0.3) is 10.9 Å². The lowest BCUT2D eigenvalue weighted by Crippen LogP contribution is -2.35. The number of carboxylic acids is 1. The van der Waals surface area contributed by atoms with Gasteiger partial charge in [-0.25, -0.2) is 0 Å². The summed E-state index contributed by atoms with van der Waals surface area (Å²) < 4.78 is 5.31. The fourth-order valence-electron chi connectivity index (χ4n) is 2.11. The molecule has 2 aromatic rings. The Labute approximate surface area is 105 Å². The largest absolute Gasteiger partial charge is 0.496 e. The monoisotopic (exact) mass is 248 g/mol. The van der Waals surface area contributed by atoms with Crippen molar-refractivity contribution in [3.8, 4) is 5.75 Å². The van der Waals surface area contributed by atoms with E-state index in [1.807, 2.05) is 18.2 Å². The summed E-state index contributed by atoms with van der Waals surface area (Å²) in [5.74, 6) is -0.590. The smallest absolute Gasteiger partial charge is 0.321 e. The highest BCUT2D eigenvalue weighted by molar-refractivity contribution is 5.90. The summed E-state index contributed by atoms with van der Waals surface area (Å²) in [5, 5.41) is 9.88. The molecule has 0 aliphatic carbocycles. The van der Waals surface area contributed by atoms with Gasteiger partial charge >= 0.3 is 5.97 Å². The highest BCUT2D eigenvalue weighted by Gasteiger charge is 2.24. The van der Waals surface area contributed by atoms with E-state index in [1.54, 1.807) is 20.2 Å². The second kappa shape index (κ2) is 4.70. The van der Waals surface area contributed by atoms with Gasteiger partial charge in [0.25, 0.3) is 0 Å². The Bertz CT molecular complexity index is 577. The van der Waals surface area contributed by atoms with E-state index in [2.05, 4.69) is 4.98 Å². The summed E-state index contributed by atoms with van der Waals surface area (Å²) in [5.41, 5.74) is 7.45. The Morgan fingerprint density at radius 2 is 2.22 bits per heavy atom. The number of aromatic nitrogens is 1. The predicted molar refractivity (Wildman–Crippen MR) is 68.9 cm³/mol. The summed E-state index contributed by atoms with van der Waals surface area (Å²) >= 11 is 0. The van der Waals surface area contributed by atoms with Crippen molar-refractivity contribution in [2.75, 3.05) is 7.11 Å². The van der Waals surface area contributed by atoms with Gasteiger partial charge in [-0.2, -0.15) is 0 Å². The highest BCUT2D eigenvalue weighted by Crippen LogP contribution is 2.33. The minimum atomic E-state index is -1.01. The fraction of sp³-hybridized carbons (Fsp3) is 0.308. The first-order valence-corrected chi connectivity index (χ1v) is 5.68. The third kappa shape index (κ3) is 1.93. The number of fused-ring (bicyclic) bond motifs is 1. The fourth-order valence-corrected chi connectivity index (χ4v) is 2.11. The number of H-pyrrole nitrogens is 1. The predicted octanol–water partition coefficient (Wildman–Crippen LogP) is 1.69. The summed E-state index contributed by atoms with van der Waals surface area (Å²) in [7, 11) is 1.59. The normalized spacial score (nSPS) is 14.4. The number of hydrogen-bond acceptors (Lipinski definition) is 3. The maximum absolute atomic E-state index is 11.0. The number of methoxy groups -OCH3 is 1. The van der Waals surface area contributed by atoms with Gasteiger partial charge < -0.3 is 20.6 Å². The lowest BCUT2D eigenvalue weighted by Gasteiger charge is -2.16. The van der Waals surface area contributed by atoms with E-state index in [0.29, 0.717) is 5.75 Å². The van der Waals surface area contributed by atoms with Crippen LogP contribution >= 0.6 is 0 Å². The van der Waals surface area contributed by atoms with E-state index in [0.717, 1.165) is 16.5 Å². The van der Waals surface area contributed by atoms with Crippen LogP contribution in [0.4, 0.5) is 0 Å². The zero-order chi connectivity index (χ0) is 13.3. The molecule has 1 aromatic heterocycles. The van der Waals surface area contributed by atoms with Gasteiger partial charge in [0.1, 0.15) is 11.8 Å². The summed E-state index contributed by atoms with van der Waals surface area (Å²) in [6.07, 6.45) is 1.79. The van der Waals surface area contributed by atoms with Crippen LogP contribution in [0.3, 0.4) is 0 Å². The molecule has 96 valence electrons. The zero-order valence-electron chi connectivity index (χ0n) is 10.3. The molecule has 0 saturated heterocycles. The van der Waals surface area contributed by atoms with Crippen molar-refractivity contribution in [3.05, 3.63) is 30.0 Å². The van der Waals surface area contributed by atoms with Crippen LogP contribution in [-0.2, 0) is 4.79 Å². The van der Waals surface area contributed by atoms with Crippen molar-refractivity contribution in [3.63, 3.8) is 0 Å². The van der Waals surface area contributed by atoms with Gasteiger partial charge in [-0.1, -0.05) is 13.0 Å². The van der Waals surface area contributed by atoms with Gasteiger partial charge in [-0.3, -0.25) is 4.79 Å². The Morgan fingerprint density at radius 1 is 1.50 bits per heavy atom. The van der Waals surface area contributed by atoms with Crippen molar-refractivity contribution < 1.29 is 14.6 Å². The average Bonchev–Trinajstić information content (AvgIpc) is 2.80. The first-order valence-electron chi connectivity index (χ1n) is 5.68. The molecule has 0 amide bonds. The lowest BCUT2D eigenvalue weighted by molar-refractivity contribution is -0.138. The molecule has 0 saturated carbocycles. The number of carbonyl (C=O) groups is 1. The minimum absolute atomic E-state index is 0.299. The summed E-state index contributed by atoms with van der Waals surface area (Å²) in [6, 6.07) is 4.70. The van der Waals surface area contributed by atoms with Crippen LogP contribution < -0.4 is 10.5 Å². The number of aliphatic carboxylic acids is 1. The highest BCUT2D eigenvalue weighted by atomic mass is 16.5. The van der Waals surface area contributed by atoms with E-state index in [9.17, 15) is 4.79 Å². The molecule has 1 heterocycles. The van der Waals surface area contributed by atoms with E-state index in [-0.39, 0.29) is 5.92 Å². The molecule has 2 rings (SSSR count). The molecular formula is C13H16N2O3. The van der Waals surface area contributed by atoms with Gasteiger partial charge in [0.05, 0.1) is 7.11 Å². The second-order valence-electron chi connectivity index (χ2n) is 4.28. The molecule has 0 aliphatic rings. The number of rotatable bonds is 4. The Kier molecular flexibility index (Phi) is 3.25. The quantitative estimate of drug-likeness (QED) is 0.768. The topological polar surface area (TPSA) is 88.3 Å². The molecule has 0 aliphatic heterocycles. The van der Waals surface area contributed by atoms with Crippen molar-refractivity contribution in [1.82, 2.24) is 4.98 Å². The number of nitrogens with two attached hydrogens (primary N) is 1. The molecule has 0 fully saturated rings. The third-order valence-corrected chi connectivity index (χ3v) is 3.23. The van der Waals surface area contributed by atoms with Crippen LogP contribution in [0.1, 0.15) is 18.4 Å². The van der Waals surface area contributed by atoms with Crippen LogP contribution in [0.2, 0.25) is 0 Å². The maximum atomic E-state index is 11.0. The molecular weight excluding hydrogens is 232 g/mol. The van der Waals surface area contributed by atoms with Crippen molar-refractivity contribution in [2.24, 2.45) is 5.73 Å². The van der Waals surface area contributed by atoms with Crippen molar-refractivity contribution >= 4 is 16.9 Å². The number of carboxylic acid groups (broad SMARTS) is 1. The molecule has 0 unspecified atom stereocenters. The van der Waals surface area contributed by atoms with Crippen molar-refractivity contribution in [1.29, 1.82) is 0 Å². The molecule has 2 atom stereocenters. The maximum Gasteiger partial charge on any atom is 0.321 e. The van der Waals surface area contributed by atoms with Gasteiger partial charge in [0, 0.05) is 23.0 Å². The third-order valence-electron chi connectivity index (χ3n) is 3.23. The number of hydrogen-bond donors (Lipinski definition) is 3. The molecule has 5 heteroatoms. The molecule has 1 aromatic carbocycles. The summed E-state index contributed by atoms with van der Waals surface area (Å²) in [6.45, 7) is 1.80.